The minimum atomic E-state index is -4.42. The van der Waals surface area contributed by atoms with Gasteiger partial charge in [-0.05, 0) is 37.8 Å². The highest BCUT2D eigenvalue weighted by Crippen LogP contribution is 2.30. The summed E-state index contributed by atoms with van der Waals surface area (Å²) in [5, 5.41) is 3.02. The summed E-state index contributed by atoms with van der Waals surface area (Å²) < 4.78 is 38.1. The Morgan fingerprint density at radius 2 is 1.86 bits per heavy atom. The molecule has 2 aliphatic rings. The summed E-state index contributed by atoms with van der Waals surface area (Å²) >= 11 is 0. The van der Waals surface area contributed by atoms with Gasteiger partial charge in [0, 0.05) is 25.0 Å². The first-order chi connectivity index (χ1) is 10.4. The standard InChI is InChI=1S/C15H18F3N3O/c16-15(17,18)12-2-1-3-13(20-12)21-8-6-11(7-9-21)19-14(22)10-4-5-10/h1-3,10-11H,4-9H2,(H,19,22). The molecule has 0 aromatic carbocycles. The molecular formula is C15H18F3N3O. The van der Waals surface area contributed by atoms with Crippen LogP contribution in [0.2, 0.25) is 0 Å². The van der Waals surface area contributed by atoms with Crippen molar-refractivity contribution in [3.63, 3.8) is 0 Å². The molecule has 1 aromatic rings. The number of anilines is 1. The Morgan fingerprint density at radius 1 is 1.18 bits per heavy atom. The fraction of sp³-hybridized carbons (Fsp3) is 0.600. The number of nitrogens with one attached hydrogen (secondary N) is 1. The molecular weight excluding hydrogens is 295 g/mol. The first kappa shape index (κ1) is 15.1. The molecule has 1 saturated carbocycles. The highest BCUT2D eigenvalue weighted by Gasteiger charge is 2.34. The number of carbonyl (C=O) groups excluding carboxylic acids is 1. The van der Waals surface area contributed by atoms with E-state index in [1.165, 1.54) is 6.07 Å². The number of rotatable bonds is 3. The van der Waals surface area contributed by atoms with Gasteiger partial charge in [-0.2, -0.15) is 13.2 Å². The van der Waals surface area contributed by atoms with E-state index in [2.05, 4.69) is 10.3 Å². The topological polar surface area (TPSA) is 45.2 Å². The van der Waals surface area contributed by atoms with E-state index >= 15 is 0 Å². The van der Waals surface area contributed by atoms with Crippen LogP contribution in [-0.2, 0) is 11.0 Å². The molecule has 1 N–H and O–H groups in total. The number of hydrogen-bond acceptors (Lipinski definition) is 3. The zero-order valence-corrected chi connectivity index (χ0v) is 12.1. The van der Waals surface area contributed by atoms with Gasteiger partial charge in [-0.1, -0.05) is 6.07 Å². The van der Waals surface area contributed by atoms with Crippen molar-refractivity contribution in [3.8, 4) is 0 Å². The zero-order valence-electron chi connectivity index (χ0n) is 12.1. The lowest BCUT2D eigenvalue weighted by atomic mass is 10.0. The van der Waals surface area contributed by atoms with Gasteiger partial charge in [-0.15, -0.1) is 0 Å². The fourth-order valence-electron chi connectivity index (χ4n) is 2.67. The first-order valence-electron chi connectivity index (χ1n) is 7.53. The Bertz CT molecular complexity index is 549. The minimum Gasteiger partial charge on any atom is -0.356 e. The average molecular weight is 313 g/mol. The van der Waals surface area contributed by atoms with Crippen molar-refractivity contribution in [3.05, 3.63) is 23.9 Å². The Hall–Kier alpha value is -1.79. The van der Waals surface area contributed by atoms with Gasteiger partial charge in [0.2, 0.25) is 5.91 Å². The maximum Gasteiger partial charge on any atom is 0.433 e. The third-order valence-corrected chi connectivity index (χ3v) is 4.14. The van der Waals surface area contributed by atoms with E-state index in [1.807, 2.05) is 4.90 Å². The Balaban J connectivity index is 1.58. The zero-order chi connectivity index (χ0) is 15.7. The van der Waals surface area contributed by atoms with Crippen LogP contribution in [0.4, 0.5) is 19.0 Å². The van der Waals surface area contributed by atoms with E-state index < -0.39 is 11.9 Å². The van der Waals surface area contributed by atoms with Crippen molar-refractivity contribution in [2.75, 3.05) is 18.0 Å². The van der Waals surface area contributed by atoms with E-state index in [9.17, 15) is 18.0 Å². The maximum atomic E-state index is 12.7. The molecule has 0 spiro atoms. The molecule has 4 nitrogen and oxygen atoms in total. The summed E-state index contributed by atoms with van der Waals surface area (Å²) in [6.45, 7) is 1.20. The lowest BCUT2D eigenvalue weighted by Gasteiger charge is -2.33. The molecule has 0 radical (unpaired) electrons. The van der Waals surface area contributed by atoms with Crippen molar-refractivity contribution in [2.24, 2.45) is 5.92 Å². The number of piperidine rings is 1. The van der Waals surface area contributed by atoms with Gasteiger partial charge in [0.15, 0.2) is 0 Å². The second-order valence-electron chi connectivity index (χ2n) is 5.92. The van der Waals surface area contributed by atoms with Crippen LogP contribution in [-0.4, -0.2) is 30.0 Å². The summed E-state index contributed by atoms with van der Waals surface area (Å²) in [6, 6.07) is 4.08. The number of nitrogens with zero attached hydrogens (tertiary/aromatic N) is 2. The summed E-state index contributed by atoms with van der Waals surface area (Å²) in [5.74, 6) is 0.653. The lowest BCUT2D eigenvalue weighted by Crippen LogP contribution is -2.45. The second-order valence-corrected chi connectivity index (χ2v) is 5.92. The molecule has 3 rings (SSSR count). The van der Waals surface area contributed by atoms with E-state index in [0.29, 0.717) is 18.9 Å². The molecule has 1 aliphatic carbocycles. The molecule has 22 heavy (non-hydrogen) atoms. The monoisotopic (exact) mass is 313 g/mol. The molecule has 1 aliphatic heterocycles. The van der Waals surface area contributed by atoms with Crippen LogP contribution < -0.4 is 10.2 Å². The predicted molar refractivity (Wildman–Crippen MR) is 75.3 cm³/mol. The molecule has 0 atom stereocenters. The second kappa shape index (κ2) is 5.78. The summed E-state index contributed by atoms with van der Waals surface area (Å²) in [4.78, 5) is 17.3. The quantitative estimate of drug-likeness (QED) is 0.933. The summed E-state index contributed by atoms with van der Waals surface area (Å²) in [6.07, 6.45) is -1.02. The van der Waals surface area contributed by atoms with Gasteiger partial charge < -0.3 is 10.2 Å². The van der Waals surface area contributed by atoms with Crippen LogP contribution >= 0.6 is 0 Å². The highest BCUT2D eigenvalue weighted by atomic mass is 19.4. The minimum absolute atomic E-state index is 0.121. The molecule has 1 amide bonds. The Kier molecular flexibility index (Phi) is 3.97. The number of carbonyl (C=O) groups is 1. The number of halogens is 3. The van der Waals surface area contributed by atoms with Gasteiger partial charge in [0.1, 0.15) is 11.5 Å². The summed E-state index contributed by atoms with van der Waals surface area (Å²) in [5.41, 5.74) is -0.867. The normalized spacial score (nSPS) is 20.0. The fourth-order valence-corrected chi connectivity index (χ4v) is 2.67. The molecule has 120 valence electrons. The van der Waals surface area contributed by atoms with Gasteiger partial charge >= 0.3 is 6.18 Å². The van der Waals surface area contributed by atoms with Crippen LogP contribution in [0, 0.1) is 5.92 Å². The molecule has 2 fully saturated rings. The van der Waals surface area contributed by atoms with Gasteiger partial charge in [0.25, 0.3) is 0 Å². The number of aromatic nitrogens is 1. The van der Waals surface area contributed by atoms with Crippen molar-refractivity contribution in [1.29, 1.82) is 0 Å². The number of amides is 1. The van der Waals surface area contributed by atoms with Gasteiger partial charge in [-0.3, -0.25) is 4.79 Å². The van der Waals surface area contributed by atoms with E-state index in [4.69, 9.17) is 0 Å². The molecule has 0 unspecified atom stereocenters. The summed E-state index contributed by atoms with van der Waals surface area (Å²) in [7, 11) is 0. The van der Waals surface area contributed by atoms with Crippen LogP contribution in [0.25, 0.3) is 0 Å². The SMILES string of the molecule is O=C(NC1CCN(c2cccc(C(F)(F)F)n2)CC1)C1CC1. The van der Waals surface area contributed by atoms with Crippen molar-refractivity contribution >= 4 is 11.7 Å². The van der Waals surface area contributed by atoms with E-state index in [1.54, 1.807) is 6.07 Å². The van der Waals surface area contributed by atoms with Crippen molar-refractivity contribution in [2.45, 2.75) is 37.9 Å². The van der Waals surface area contributed by atoms with Crippen LogP contribution in [0.1, 0.15) is 31.4 Å². The van der Waals surface area contributed by atoms with Gasteiger partial charge in [-0.25, -0.2) is 4.98 Å². The third kappa shape index (κ3) is 3.51. The van der Waals surface area contributed by atoms with Gasteiger partial charge in [0.05, 0.1) is 0 Å². The molecule has 1 aromatic heterocycles. The number of hydrogen-bond donors (Lipinski definition) is 1. The predicted octanol–water partition coefficient (Wildman–Crippen LogP) is 2.60. The van der Waals surface area contributed by atoms with Crippen molar-refractivity contribution in [1.82, 2.24) is 10.3 Å². The molecule has 0 bridgehead atoms. The maximum absolute atomic E-state index is 12.7. The Labute approximate surface area is 126 Å². The number of alkyl halides is 3. The first-order valence-corrected chi connectivity index (χ1v) is 7.53. The van der Waals surface area contributed by atoms with E-state index in [0.717, 1.165) is 31.7 Å². The molecule has 7 heteroatoms. The smallest absolute Gasteiger partial charge is 0.356 e. The lowest BCUT2D eigenvalue weighted by molar-refractivity contribution is -0.141. The Morgan fingerprint density at radius 3 is 2.45 bits per heavy atom. The van der Waals surface area contributed by atoms with Crippen LogP contribution in [0.15, 0.2) is 18.2 Å². The van der Waals surface area contributed by atoms with Crippen LogP contribution in [0.3, 0.4) is 0 Å². The van der Waals surface area contributed by atoms with Crippen molar-refractivity contribution < 1.29 is 18.0 Å². The molecule has 2 heterocycles. The average Bonchev–Trinajstić information content (AvgIpc) is 3.32. The molecule has 1 saturated heterocycles. The third-order valence-electron chi connectivity index (χ3n) is 4.14. The largest absolute Gasteiger partial charge is 0.433 e. The van der Waals surface area contributed by atoms with E-state index in [-0.39, 0.29) is 17.9 Å². The van der Waals surface area contributed by atoms with Crippen LogP contribution in [0.5, 0.6) is 0 Å². The number of pyridine rings is 1. The highest BCUT2D eigenvalue weighted by molar-refractivity contribution is 5.81.